The van der Waals surface area contributed by atoms with Gasteiger partial charge in [-0.3, -0.25) is 4.79 Å². The van der Waals surface area contributed by atoms with E-state index in [4.69, 9.17) is 9.47 Å². The van der Waals surface area contributed by atoms with E-state index in [1.54, 1.807) is 6.07 Å². The highest BCUT2D eigenvalue weighted by Crippen LogP contribution is 2.35. The van der Waals surface area contributed by atoms with Gasteiger partial charge in [-0.15, -0.1) is 0 Å². The molecular weight excluding hydrogens is 244 g/mol. The van der Waals surface area contributed by atoms with E-state index in [9.17, 15) is 4.79 Å². The first-order valence-electron chi connectivity index (χ1n) is 6.59. The van der Waals surface area contributed by atoms with Gasteiger partial charge in [-0.1, -0.05) is 0 Å². The van der Waals surface area contributed by atoms with Crippen molar-refractivity contribution >= 4 is 5.91 Å². The summed E-state index contributed by atoms with van der Waals surface area (Å²) in [7, 11) is 0. The van der Waals surface area contributed by atoms with Crippen molar-refractivity contribution in [2.45, 2.75) is 19.9 Å². The lowest BCUT2D eigenvalue weighted by molar-refractivity contribution is 0.0654. The Bertz CT molecular complexity index is 516. The number of aryl methyl sites for hydroxylation is 1. The molecule has 0 bridgehead atoms. The molecular formula is C14H18N2O3. The van der Waals surface area contributed by atoms with E-state index < -0.39 is 0 Å². The number of amides is 1. The number of rotatable bonds is 1. The van der Waals surface area contributed by atoms with Crippen LogP contribution in [0.5, 0.6) is 11.5 Å². The monoisotopic (exact) mass is 262 g/mol. The standard InChI is InChI=1S/C14H18N2O3/c1-9-5-12-13(19-8-18-12)6-11(9)14(17)16-4-3-15-7-10(16)2/h5-6,10,15H,3-4,7-8H2,1-2H3. The number of fused-ring (bicyclic) bond motifs is 1. The predicted octanol–water partition coefficient (Wildman–Crippen LogP) is 1.16. The summed E-state index contributed by atoms with van der Waals surface area (Å²) in [6.45, 7) is 6.66. The summed E-state index contributed by atoms with van der Waals surface area (Å²) >= 11 is 0. The van der Waals surface area contributed by atoms with Gasteiger partial charge in [0.25, 0.3) is 5.91 Å². The summed E-state index contributed by atoms with van der Waals surface area (Å²) in [5.41, 5.74) is 1.64. The number of piperazine rings is 1. The summed E-state index contributed by atoms with van der Waals surface area (Å²) in [5.74, 6) is 1.46. The first kappa shape index (κ1) is 12.3. The molecule has 1 saturated heterocycles. The van der Waals surface area contributed by atoms with Gasteiger partial charge in [0.05, 0.1) is 0 Å². The first-order chi connectivity index (χ1) is 9.16. The van der Waals surface area contributed by atoms with Crippen LogP contribution >= 0.6 is 0 Å². The van der Waals surface area contributed by atoms with E-state index in [0.717, 1.165) is 30.9 Å². The second-order valence-electron chi connectivity index (χ2n) is 5.07. The van der Waals surface area contributed by atoms with Crippen LogP contribution in [0.3, 0.4) is 0 Å². The summed E-state index contributed by atoms with van der Waals surface area (Å²) in [5, 5.41) is 3.29. The average Bonchev–Trinajstić information content (AvgIpc) is 2.84. The van der Waals surface area contributed by atoms with Crippen LogP contribution in [0.1, 0.15) is 22.8 Å². The van der Waals surface area contributed by atoms with E-state index in [0.29, 0.717) is 11.3 Å². The van der Waals surface area contributed by atoms with E-state index >= 15 is 0 Å². The van der Waals surface area contributed by atoms with Gasteiger partial charge in [-0.05, 0) is 31.5 Å². The van der Waals surface area contributed by atoms with Crippen molar-refractivity contribution in [1.82, 2.24) is 10.2 Å². The minimum atomic E-state index is 0.0739. The second kappa shape index (κ2) is 4.74. The third-order valence-electron chi connectivity index (χ3n) is 3.71. The van der Waals surface area contributed by atoms with Gasteiger partial charge in [0.1, 0.15) is 0 Å². The molecule has 0 aliphatic carbocycles. The number of ether oxygens (including phenoxy) is 2. The Kier molecular flexibility index (Phi) is 3.06. The summed E-state index contributed by atoms with van der Waals surface area (Å²) in [6.07, 6.45) is 0. The molecule has 2 heterocycles. The van der Waals surface area contributed by atoms with Gasteiger partial charge in [-0.25, -0.2) is 0 Å². The van der Waals surface area contributed by atoms with E-state index in [-0.39, 0.29) is 18.7 Å². The van der Waals surface area contributed by atoms with Crippen LogP contribution < -0.4 is 14.8 Å². The van der Waals surface area contributed by atoms with Gasteiger partial charge in [0, 0.05) is 31.2 Å². The first-order valence-corrected chi connectivity index (χ1v) is 6.59. The molecule has 2 aliphatic rings. The molecule has 0 radical (unpaired) electrons. The van der Waals surface area contributed by atoms with Crippen LogP contribution in [0.15, 0.2) is 12.1 Å². The molecule has 1 aromatic carbocycles. The Labute approximate surface area is 112 Å². The molecule has 1 N–H and O–H groups in total. The molecule has 102 valence electrons. The van der Waals surface area contributed by atoms with Crippen molar-refractivity contribution in [3.63, 3.8) is 0 Å². The van der Waals surface area contributed by atoms with Crippen molar-refractivity contribution < 1.29 is 14.3 Å². The predicted molar refractivity (Wildman–Crippen MR) is 70.7 cm³/mol. The number of carbonyl (C=O) groups is 1. The third-order valence-corrected chi connectivity index (χ3v) is 3.71. The highest BCUT2D eigenvalue weighted by molar-refractivity contribution is 5.96. The molecule has 3 rings (SSSR count). The van der Waals surface area contributed by atoms with Crippen LogP contribution in [-0.4, -0.2) is 43.3 Å². The topological polar surface area (TPSA) is 50.8 Å². The van der Waals surface area contributed by atoms with Crippen molar-refractivity contribution in [2.75, 3.05) is 26.4 Å². The number of hydrogen-bond donors (Lipinski definition) is 1. The molecule has 0 saturated carbocycles. The molecule has 1 amide bonds. The Morgan fingerprint density at radius 2 is 2.11 bits per heavy atom. The Balaban J connectivity index is 1.91. The zero-order chi connectivity index (χ0) is 13.4. The number of nitrogens with one attached hydrogen (secondary N) is 1. The van der Waals surface area contributed by atoms with Crippen LogP contribution in [-0.2, 0) is 0 Å². The quantitative estimate of drug-likeness (QED) is 0.825. The van der Waals surface area contributed by atoms with Gasteiger partial charge < -0.3 is 19.7 Å². The largest absolute Gasteiger partial charge is 0.454 e. The lowest BCUT2D eigenvalue weighted by Crippen LogP contribution is -2.52. The Morgan fingerprint density at radius 3 is 2.84 bits per heavy atom. The minimum Gasteiger partial charge on any atom is -0.454 e. The molecule has 1 aromatic rings. The third kappa shape index (κ3) is 2.14. The lowest BCUT2D eigenvalue weighted by atomic mass is 10.0. The van der Waals surface area contributed by atoms with Gasteiger partial charge in [0.15, 0.2) is 11.5 Å². The zero-order valence-corrected chi connectivity index (χ0v) is 11.2. The molecule has 5 nitrogen and oxygen atoms in total. The fraction of sp³-hybridized carbons (Fsp3) is 0.500. The fourth-order valence-electron chi connectivity index (χ4n) is 2.57. The van der Waals surface area contributed by atoms with Gasteiger partial charge >= 0.3 is 0 Å². The van der Waals surface area contributed by atoms with Gasteiger partial charge in [0.2, 0.25) is 6.79 Å². The average molecular weight is 262 g/mol. The highest BCUT2D eigenvalue weighted by atomic mass is 16.7. The minimum absolute atomic E-state index is 0.0739. The van der Waals surface area contributed by atoms with Crippen LogP contribution in [0.2, 0.25) is 0 Å². The summed E-state index contributed by atoms with van der Waals surface area (Å²) < 4.78 is 10.7. The molecule has 2 aliphatic heterocycles. The summed E-state index contributed by atoms with van der Waals surface area (Å²) in [6, 6.07) is 3.89. The molecule has 1 fully saturated rings. The zero-order valence-electron chi connectivity index (χ0n) is 11.2. The molecule has 0 aromatic heterocycles. The van der Waals surface area contributed by atoms with Crippen LogP contribution in [0.4, 0.5) is 0 Å². The van der Waals surface area contributed by atoms with Crippen molar-refractivity contribution in [3.05, 3.63) is 23.3 Å². The SMILES string of the molecule is Cc1cc2c(cc1C(=O)N1CCNCC1C)OCO2. The smallest absolute Gasteiger partial charge is 0.254 e. The maximum atomic E-state index is 12.6. The molecule has 0 spiro atoms. The van der Waals surface area contributed by atoms with Crippen molar-refractivity contribution in [1.29, 1.82) is 0 Å². The Hall–Kier alpha value is -1.75. The maximum Gasteiger partial charge on any atom is 0.254 e. The summed E-state index contributed by atoms with van der Waals surface area (Å²) in [4.78, 5) is 14.6. The number of benzene rings is 1. The Morgan fingerprint density at radius 1 is 1.37 bits per heavy atom. The maximum absolute atomic E-state index is 12.6. The fourth-order valence-corrected chi connectivity index (χ4v) is 2.57. The van der Waals surface area contributed by atoms with E-state index in [2.05, 4.69) is 12.2 Å². The van der Waals surface area contributed by atoms with Crippen LogP contribution in [0.25, 0.3) is 0 Å². The van der Waals surface area contributed by atoms with Gasteiger partial charge in [-0.2, -0.15) is 0 Å². The molecule has 1 unspecified atom stereocenters. The number of carbonyl (C=O) groups excluding carboxylic acids is 1. The number of nitrogens with zero attached hydrogens (tertiary/aromatic N) is 1. The van der Waals surface area contributed by atoms with E-state index in [1.807, 2.05) is 17.9 Å². The second-order valence-corrected chi connectivity index (χ2v) is 5.07. The molecule has 5 heteroatoms. The van der Waals surface area contributed by atoms with Crippen molar-refractivity contribution in [2.24, 2.45) is 0 Å². The van der Waals surface area contributed by atoms with Crippen LogP contribution in [0, 0.1) is 6.92 Å². The molecule has 19 heavy (non-hydrogen) atoms. The lowest BCUT2D eigenvalue weighted by Gasteiger charge is -2.34. The number of hydrogen-bond acceptors (Lipinski definition) is 4. The van der Waals surface area contributed by atoms with E-state index in [1.165, 1.54) is 0 Å². The highest BCUT2D eigenvalue weighted by Gasteiger charge is 2.27. The van der Waals surface area contributed by atoms with Crippen molar-refractivity contribution in [3.8, 4) is 11.5 Å². The normalized spacial score (nSPS) is 21.6. The molecule has 1 atom stereocenters.